The number of aliphatic hydroxyl groups is 1. The van der Waals surface area contributed by atoms with Gasteiger partial charge in [-0.1, -0.05) is 64.3 Å². The number of ether oxygens (including phenoxy) is 1. The van der Waals surface area contributed by atoms with E-state index in [1.54, 1.807) is 6.26 Å². The van der Waals surface area contributed by atoms with Crippen LogP contribution in [0.1, 0.15) is 76.0 Å². The predicted octanol–water partition coefficient (Wildman–Crippen LogP) is 5.88. The number of nitrogens with one attached hydrogen (secondary N) is 2. The summed E-state index contributed by atoms with van der Waals surface area (Å²) < 4.78 is 33.4. The van der Waals surface area contributed by atoms with Crippen LogP contribution in [-0.4, -0.2) is 36.4 Å². The molecule has 1 aliphatic carbocycles. The molecule has 4 rings (SSSR count). The Balaban J connectivity index is 1.51. The van der Waals surface area contributed by atoms with Crippen LogP contribution in [0.3, 0.4) is 0 Å². The smallest absolute Gasteiger partial charge is 0.126 e. The van der Waals surface area contributed by atoms with E-state index in [0.29, 0.717) is 25.1 Å². The first-order valence-corrected chi connectivity index (χ1v) is 13.7. The van der Waals surface area contributed by atoms with Gasteiger partial charge >= 0.3 is 0 Å². The molecule has 2 aromatic carbocycles. The summed E-state index contributed by atoms with van der Waals surface area (Å²) in [6.07, 6.45) is 9.54. The fourth-order valence-electron chi connectivity index (χ4n) is 5.62. The number of hydrogen-bond acceptors (Lipinski definition) is 4. The molecule has 0 radical (unpaired) electrons. The molecule has 0 amide bonds. The average molecular weight is 513 g/mol. The quantitative estimate of drug-likeness (QED) is 0.372. The Morgan fingerprint density at radius 3 is 2.43 bits per heavy atom. The van der Waals surface area contributed by atoms with Crippen molar-refractivity contribution in [3.8, 4) is 0 Å². The molecular formula is C31H42F2N2O2. The third kappa shape index (κ3) is 7.40. The van der Waals surface area contributed by atoms with Gasteiger partial charge in [0.2, 0.25) is 0 Å². The van der Waals surface area contributed by atoms with E-state index in [9.17, 15) is 13.9 Å². The van der Waals surface area contributed by atoms with Crippen LogP contribution < -0.4 is 10.6 Å². The van der Waals surface area contributed by atoms with Crippen LogP contribution >= 0.6 is 0 Å². The highest BCUT2D eigenvalue weighted by Crippen LogP contribution is 2.38. The van der Waals surface area contributed by atoms with Crippen molar-refractivity contribution in [2.45, 2.75) is 94.9 Å². The molecule has 1 saturated carbocycles. The van der Waals surface area contributed by atoms with E-state index in [-0.39, 0.29) is 23.1 Å². The Morgan fingerprint density at radius 1 is 1.05 bits per heavy atom. The van der Waals surface area contributed by atoms with Crippen LogP contribution in [0.15, 0.2) is 54.8 Å². The molecule has 1 aliphatic heterocycles. The van der Waals surface area contributed by atoms with Gasteiger partial charge in [-0.3, -0.25) is 0 Å². The zero-order chi connectivity index (χ0) is 26.5. The molecule has 2 aliphatic rings. The van der Waals surface area contributed by atoms with E-state index in [0.717, 1.165) is 38.2 Å². The van der Waals surface area contributed by atoms with Crippen molar-refractivity contribution in [2.24, 2.45) is 0 Å². The van der Waals surface area contributed by atoms with E-state index in [1.165, 1.54) is 29.7 Å². The van der Waals surface area contributed by atoms with Gasteiger partial charge in [-0.05, 0) is 59.6 Å². The summed E-state index contributed by atoms with van der Waals surface area (Å²) in [5.41, 5.74) is 2.95. The maximum atomic E-state index is 13.9. The molecule has 1 fully saturated rings. The van der Waals surface area contributed by atoms with Gasteiger partial charge in [0.1, 0.15) is 17.7 Å². The lowest BCUT2D eigenvalue weighted by Gasteiger charge is -2.41. The minimum Gasteiger partial charge on any atom is -0.497 e. The fraction of sp³-hybridized carbons (Fsp3) is 0.548. The molecule has 1 heterocycles. The molecule has 3 N–H and O–H groups in total. The first kappa shape index (κ1) is 27.7. The van der Waals surface area contributed by atoms with Crippen molar-refractivity contribution in [1.82, 2.24) is 10.6 Å². The minimum atomic E-state index is -0.759. The van der Waals surface area contributed by atoms with Gasteiger partial charge in [-0.25, -0.2) is 8.78 Å². The lowest BCUT2D eigenvalue weighted by molar-refractivity contribution is 0.0928. The Labute approximate surface area is 220 Å². The van der Waals surface area contributed by atoms with Gasteiger partial charge in [0.15, 0.2) is 0 Å². The van der Waals surface area contributed by atoms with Gasteiger partial charge in [-0.15, -0.1) is 0 Å². The summed E-state index contributed by atoms with van der Waals surface area (Å²) in [6.45, 7) is 7.61. The summed E-state index contributed by atoms with van der Waals surface area (Å²) in [5, 5.41) is 18.6. The molecule has 3 unspecified atom stereocenters. The zero-order valence-corrected chi connectivity index (χ0v) is 22.4. The molecule has 202 valence electrons. The summed E-state index contributed by atoms with van der Waals surface area (Å²) in [6, 6.07) is 12.0. The molecule has 0 bridgehead atoms. The largest absolute Gasteiger partial charge is 0.497 e. The second-order valence-corrected chi connectivity index (χ2v) is 11.8. The number of halogens is 2. The number of rotatable bonds is 10. The SMILES string of the molecule is CC(C)(C)c1cccc(C2(NCC(O)C(Cc3cc(F)cc(F)c3)NCC3CC=CO3)CCCCC2)c1. The molecular weight excluding hydrogens is 470 g/mol. The lowest BCUT2D eigenvalue weighted by atomic mass is 9.74. The van der Waals surface area contributed by atoms with E-state index < -0.39 is 17.7 Å². The second-order valence-electron chi connectivity index (χ2n) is 11.8. The van der Waals surface area contributed by atoms with Gasteiger partial charge in [-0.2, -0.15) is 0 Å². The Kier molecular flexibility index (Phi) is 9.04. The molecule has 6 heteroatoms. The van der Waals surface area contributed by atoms with Crippen molar-refractivity contribution in [1.29, 1.82) is 0 Å². The van der Waals surface area contributed by atoms with Crippen molar-refractivity contribution in [3.05, 3.63) is 83.1 Å². The molecule has 0 saturated heterocycles. The van der Waals surface area contributed by atoms with E-state index >= 15 is 0 Å². The zero-order valence-electron chi connectivity index (χ0n) is 22.4. The van der Waals surface area contributed by atoms with Crippen LogP contribution in [-0.2, 0) is 22.1 Å². The molecule has 2 aromatic rings. The van der Waals surface area contributed by atoms with Crippen molar-refractivity contribution in [2.75, 3.05) is 13.1 Å². The standard InChI is InChI=1S/C31H42F2N2O2/c1-30(2,3)23-9-7-10-24(18-23)31(12-5-4-6-13-31)35-21-29(36)28(34-20-27-11-8-14-37-27)17-22-15-25(32)19-26(33)16-22/h7-10,14-16,18-19,27-29,34-36H,4-6,11-13,17,20-21H2,1-3H3. The van der Waals surface area contributed by atoms with Crippen LogP contribution in [0.25, 0.3) is 0 Å². The molecule has 3 atom stereocenters. The first-order chi connectivity index (χ1) is 17.6. The maximum Gasteiger partial charge on any atom is 0.126 e. The van der Waals surface area contributed by atoms with E-state index in [1.807, 2.05) is 6.08 Å². The number of benzene rings is 2. The van der Waals surface area contributed by atoms with Crippen molar-refractivity contribution >= 4 is 0 Å². The first-order valence-electron chi connectivity index (χ1n) is 13.7. The third-order valence-corrected chi connectivity index (χ3v) is 7.85. The average Bonchev–Trinajstić information content (AvgIpc) is 3.38. The van der Waals surface area contributed by atoms with E-state index in [2.05, 4.69) is 55.7 Å². The van der Waals surface area contributed by atoms with Gasteiger partial charge in [0, 0.05) is 37.2 Å². The van der Waals surface area contributed by atoms with Crippen molar-refractivity contribution in [3.63, 3.8) is 0 Å². The van der Waals surface area contributed by atoms with Crippen LogP contribution in [0, 0.1) is 11.6 Å². The predicted molar refractivity (Wildman–Crippen MR) is 144 cm³/mol. The Hall–Kier alpha value is -2.28. The molecule has 4 nitrogen and oxygen atoms in total. The number of hydrogen-bond donors (Lipinski definition) is 3. The topological polar surface area (TPSA) is 53.5 Å². The normalized spacial score (nSPS) is 21.0. The lowest BCUT2D eigenvalue weighted by Crippen LogP contribution is -2.53. The second kappa shape index (κ2) is 12.1. The summed E-state index contributed by atoms with van der Waals surface area (Å²) in [5.74, 6) is -1.21. The van der Waals surface area contributed by atoms with Crippen LogP contribution in [0.4, 0.5) is 8.78 Å². The highest BCUT2D eigenvalue weighted by Gasteiger charge is 2.35. The third-order valence-electron chi connectivity index (χ3n) is 7.85. The summed E-state index contributed by atoms with van der Waals surface area (Å²) in [7, 11) is 0. The van der Waals surface area contributed by atoms with Crippen LogP contribution in [0.2, 0.25) is 0 Å². The highest BCUT2D eigenvalue weighted by atomic mass is 19.1. The number of aliphatic hydroxyl groups excluding tert-OH is 1. The van der Waals surface area contributed by atoms with Crippen LogP contribution in [0.5, 0.6) is 0 Å². The monoisotopic (exact) mass is 512 g/mol. The molecule has 0 aromatic heterocycles. The maximum absolute atomic E-state index is 13.9. The van der Waals surface area contributed by atoms with Gasteiger partial charge < -0.3 is 20.5 Å². The molecule has 0 spiro atoms. The summed E-state index contributed by atoms with van der Waals surface area (Å²) >= 11 is 0. The Morgan fingerprint density at radius 2 is 1.78 bits per heavy atom. The Bertz CT molecular complexity index is 1030. The fourth-order valence-corrected chi connectivity index (χ4v) is 5.62. The van der Waals surface area contributed by atoms with E-state index in [4.69, 9.17) is 4.74 Å². The van der Waals surface area contributed by atoms with Crippen molar-refractivity contribution < 1.29 is 18.6 Å². The highest BCUT2D eigenvalue weighted by molar-refractivity contribution is 5.34. The molecule has 37 heavy (non-hydrogen) atoms. The van der Waals surface area contributed by atoms with Gasteiger partial charge in [0.05, 0.1) is 12.4 Å². The van der Waals surface area contributed by atoms with Gasteiger partial charge in [0.25, 0.3) is 0 Å². The minimum absolute atomic E-state index is 0.00303. The summed E-state index contributed by atoms with van der Waals surface area (Å²) in [4.78, 5) is 0.